The van der Waals surface area contributed by atoms with Gasteiger partial charge in [0.05, 0.1) is 13.0 Å². The van der Waals surface area contributed by atoms with E-state index in [0.717, 1.165) is 122 Å². The van der Waals surface area contributed by atoms with E-state index in [-0.39, 0.29) is 25.9 Å². The molecule has 0 radical (unpaired) electrons. The second-order valence-electron chi connectivity index (χ2n) is 20.6. The molecule has 0 aromatic rings. The highest BCUT2D eigenvalue weighted by Crippen LogP contribution is 2.26. The van der Waals surface area contributed by atoms with Crippen LogP contribution >= 0.6 is 0 Å². The number of carbonyl (C=O) groups excluding carboxylic acids is 3. The molecule has 1 fully saturated rings. The molecular weight excluding hydrogens is 997 g/mol. The number of hydrogen-bond donors (Lipinski definition) is 3. The summed E-state index contributed by atoms with van der Waals surface area (Å²) < 4.78 is 28.3. The molecule has 6 unspecified atom stereocenters. The van der Waals surface area contributed by atoms with Gasteiger partial charge in [-0.3, -0.25) is 14.4 Å². The summed E-state index contributed by atoms with van der Waals surface area (Å²) in [4.78, 5) is 51.2. The molecule has 448 valence electrons. The normalized spacial score (nSPS) is 18.6. The average molecular weight is 1110 g/mol. The van der Waals surface area contributed by atoms with Crippen molar-refractivity contribution in [3.63, 3.8) is 0 Å². The van der Waals surface area contributed by atoms with Crippen molar-refractivity contribution in [2.75, 3.05) is 13.2 Å². The number of carbonyl (C=O) groups is 4. The van der Waals surface area contributed by atoms with Crippen LogP contribution in [0.25, 0.3) is 0 Å². The van der Waals surface area contributed by atoms with Gasteiger partial charge in [-0.25, -0.2) is 4.79 Å². The Morgan fingerprint density at radius 3 is 1.28 bits per heavy atom. The SMILES string of the molecule is CC/C=C\C/C=C\C/C=C\C/C=C\C/C=C\CC(=O)OC(COC(=O)CCCCCCCCC/C=C\C/C=C\CCCCC)COC1OC(C(=O)O)C(O)C(O)C1OC(=O)CCCCCCCCC/C=C\C/C=C\CCCCC. The molecule has 12 nitrogen and oxygen atoms in total. The molecule has 0 aromatic heterocycles. The zero-order chi connectivity index (χ0) is 57.5. The summed E-state index contributed by atoms with van der Waals surface area (Å²) in [6.07, 6.45) is 60.7. The maximum atomic E-state index is 13.1. The predicted molar refractivity (Wildman–Crippen MR) is 321 cm³/mol. The van der Waals surface area contributed by atoms with Crippen LogP contribution in [0.1, 0.15) is 239 Å². The third kappa shape index (κ3) is 43.8. The lowest BCUT2D eigenvalue weighted by Gasteiger charge is -2.40. The molecule has 0 amide bonds. The second-order valence-corrected chi connectivity index (χ2v) is 20.6. The van der Waals surface area contributed by atoms with Gasteiger partial charge >= 0.3 is 23.9 Å². The van der Waals surface area contributed by atoms with Crippen LogP contribution in [-0.4, -0.2) is 89.2 Å². The van der Waals surface area contributed by atoms with Crippen LogP contribution in [0.2, 0.25) is 0 Å². The first-order valence-electron chi connectivity index (χ1n) is 30.9. The molecule has 3 N–H and O–H groups in total. The quantitative estimate of drug-likeness (QED) is 0.0228. The highest BCUT2D eigenvalue weighted by molar-refractivity contribution is 5.74. The number of aliphatic hydroxyl groups is 2. The molecule has 1 aliphatic heterocycles. The summed E-state index contributed by atoms with van der Waals surface area (Å²) in [6, 6.07) is 0. The maximum Gasteiger partial charge on any atom is 0.335 e. The number of aliphatic carboxylic acids is 1. The summed E-state index contributed by atoms with van der Waals surface area (Å²) in [5.74, 6) is -3.32. The first-order chi connectivity index (χ1) is 38.6. The van der Waals surface area contributed by atoms with E-state index in [1.54, 1.807) is 6.08 Å². The van der Waals surface area contributed by atoms with Crippen molar-refractivity contribution in [3.05, 3.63) is 109 Å². The maximum absolute atomic E-state index is 13.1. The van der Waals surface area contributed by atoms with Gasteiger partial charge in [0.15, 0.2) is 24.6 Å². The number of esters is 3. The smallest absolute Gasteiger partial charge is 0.335 e. The Kier molecular flexibility index (Phi) is 49.5. The fraction of sp³-hybridized carbons (Fsp3) is 0.672. The first-order valence-corrected chi connectivity index (χ1v) is 30.9. The van der Waals surface area contributed by atoms with Crippen LogP contribution in [0.4, 0.5) is 0 Å². The zero-order valence-electron chi connectivity index (χ0n) is 49.3. The molecule has 1 rings (SSSR count). The largest absolute Gasteiger partial charge is 0.479 e. The van der Waals surface area contributed by atoms with Gasteiger partial charge in [0.2, 0.25) is 0 Å². The number of rotatable bonds is 51. The summed E-state index contributed by atoms with van der Waals surface area (Å²) in [5.41, 5.74) is 0. The molecule has 1 saturated heterocycles. The molecule has 1 aliphatic rings. The summed E-state index contributed by atoms with van der Waals surface area (Å²) in [6.45, 7) is 5.74. The van der Waals surface area contributed by atoms with Gasteiger partial charge in [0, 0.05) is 12.8 Å². The number of hydrogen-bond acceptors (Lipinski definition) is 11. The minimum atomic E-state index is -1.93. The minimum Gasteiger partial charge on any atom is -0.479 e. The van der Waals surface area contributed by atoms with Crippen LogP contribution in [0.3, 0.4) is 0 Å². The Morgan fingerprint density at radius 2 is 0.835 bits per heavy atom. The molecule has 0 spiro atoms. The van der Waals surface area contributed by atoms with E-state index in [9.17, 15) is 34.5 Å². The topological polar surface area (TPSA) is 175 Å². The number of aliphatic hydroxyl groups excluding tert-OH is 2. The fourth-order valence-electron chi connectivity index (χ4n) is 8.62. The van der Waals surface area contributed by atoms with Crippen molar-refractivity contribution < 1.29 is 58.2 Å². The Bertz CT molecular complexity index is 1790. The van der Waals surface area contributed by atoms with Gasteiger partial charge in [0.25, 0.3) is 0 Å². The highest BCUT2D eigenvalue weighted by Gasteiger charge is 2.50. The summed E-state index contributed by atoms with van der Waals surface area (Å²) in [7, 11) is 0. The first kappa shape index (κ1) is 72.4. The summed E-state index contributed by atoms with van der Waals surface area (Å²) in [5, 5.41) is 31.5. The van der Waals surface area contributed by atoms with Crippen LogP contribution in [0.5, 0.6) is 0 Å². The van der Waals surface area contributed by atoms with Crippen LogP contribution < -0.4 is 0 Å². The number of allylic oxidation sites excluding steroid dienone is 17. The van der Waals surface area contributed by atoms with Crippen molar-refractivity contribution in [1.29, 1.82) is 0 Å². The fourth-order valence-corrected chi connectivity index (χ4v) is 8.62. The van der Waals surface area contributed by atoms with Crippen molar-refractivity contribution in [1.82, 2.24) is 0 Å². The molecular formula is C67H108O12. The number of carboxylic acids is 1. The number of unbranched alkanes of at least 4 members (excludes halogenated alkanes) is 20. The molecule has 0 saturated carbocycles. The van der Waals surface area contributed by atoms with Crippen molar-refractivity contribution in [2.24, 2.45) is 0 Å². The standard InChI is InChI=1S/C67H108O12/c1-4-7-10-13-16-19-22-25-28-30-33-35-38-41-44-47-50-53-59(68)75-56-58(77-60(69)54-51-48-45-42-39-36-32-27-24-21-18-15-12-9-6-3)57-76-67-65(63(72)62(71)64(79-67)66(73)74)78-61(70)55-52-49-46-43-40-37-34-31-29-26-23-20-17-14-11-8-5-2/h9,12,16-21,25-29,32,39,42,48,51,58,62-65,67,71-72H,4-8,10-11,13-15,22-24,30-31,33-38,40-41,43-47,49-50,52-57H2,1-3H3,(H,73,74)/b12-9-,19-16-,20-17-,21-18-,28-25-,29-26-,32-27-,42-39-,51-48-. The van der Waals surface area contributed by atoms with Gasteiger partial charge in [-0.1, -0.05) is 220 Å². The lowest BCUT2D eigenvalue weighted by molar-refractivity contribution is -0.301. The Morgan fingerprint density at radius 1 is 0.443 bits per heavy atom. The zero-order valence-corrected chi connectivity index (χ0v) is 49.3. The van der Waals surface area contributed by atoms with Crippen LogP contribution in [0.15, 0.2) is 109 Å². The third-order valence-electron chi connectivity index (χ3n) is 13.3. The predicted octanol–water partition coefficient (Wildman–Crippen LogP) is 16.2. The molecule has 0 bridgehead atoms. The molecule has 6 atom stereocenters. The van der Waals surface area contributed by atoms with E-state index in [4.69, 9.17) is 23.7 Å². The van der Waals surface area contributed by atoms with E-state index in [1.165, 1.54) is 57.8 Å². The Labute approximate surface area is 478 Å². The average Bonchev–Trinajstić information content (AvgIpc) is 3.46. The number of ether oxygens (including phenoxy) is 5. The lowest BCUT2D eigenvalue weighted by Crippen LogP contribution is -2.61. The van der Waals surface area contributed by atoms with E-state index in [1.807, 2.05) is 18.2 Å². The van der Waals surface area contributed by atoms with Gasteiger partial charge in [0.1, 0.15) is 18.8 Å². The number of carboxylic acid groups (broad SMARTS) is 1. The van der Waals surface area contributed by atoms with Crippen LogP contribution in [-0.2, 0) is 42.9 Å². The highest BCUT2D eigenvalue weighted by atomic mass is 16.7. The van der Waals surface area contributed by atoms with Crippen molar-refractivity contribution >= 4 is 23.9 Å². The van der Waals surface area contributed by atoms with Crippen molar-refractivity contribution in [3.8, 4) is 0 Å². The Hall–Kier alpha value is -4.62. The van der Waals surface area contributed by atoms with Gasteiger partial charge in [-0.15, -0.1) is 0 Å². The van der Waals surface area contributed by atoms with Crippen LogP contribution in [0, 0.1) is 0 Å². The molecule has 79 heavy (non-hydrogen) atoms. The van der Waals surface area contributed by atoms with E-state index >= 15 is 0 Å². The van der Waals surface area contributed by atoms with Gasteiger partial charge in [-0.2, -0.15) is 0 Å². The molecule has 0 aliphatic carbocycles. The van der Waals surface area contributed by atoms with E-state index in [0.29, 0.717) is 19.3 Å². The van der Waals surface area contributed by atoms with Gasteiger partial charge in [-0.05, 0) is 109 Å². The lowest BCUT2D eigenvalue weighted by atomic mass is 9.98. The minimum absolute atomic E-state index is 0.0355. The molecule has 0 aromatic carbocycles. The van der Waals surface area contributed by atoms with E-state index < -0.39 is 67.3 Å². The van der Waals surface area contributed by atoms with Crippen molar-refractivity contribution in [2.45, 2.75) is 276 Å². The van der Waals surface area contributed by atoms with Gasteiger partial charge < -0.3 is 39.0 Å². The van der Waals surface area contributed by atoms with E-state index in [2.05, 4.69) is 106 Å². The molecule has 1 heterocycles. The third-order valence-corrected chi connectivity index (χ3v) is 13.3. The molecule has 12 heteroatoms. The second kappa shape index (κ2) is 54.0. The monoisotopic (exact) mass is 1100 g/mol. The Balaban J connectivity index is 2.74. The summed E-state index contributed by atoms with van der Waals surface area (Å²) >= 11 is 0.